The van der Waals surface area contributed by atoms with Gasteiger partial charge in [0.25, 0.3) is 0 Å². The van der Waals surface area contributed by atoms with Crippen LogP contribution in [0.15, 0.2) is 48.5 Å². The van der Waals surface area contributed by atoms with Crippen molar-refractivity contribution < 1.29 is 19.1 Å². The summed E-state index contributed by atoms with van der Waals surface area (Å²) in [5.74, 6) is -0.487. The highest BCUT2D eigenvalue weighted by molar-refractivity contribution is 5.91. The van der Waals surface area contributed by atoms with E-state index in [-0.39, 0.29) is 23.4 Å². The van der Waals surface area contributed by atoms with Crippen LogP contribution in [0.4, 0.5) is 0 Å². The summed E-state index contributed by atoms with van der Waals surface area (Å²) < 4.78 is 11.5. The molecule has 0 saturated carbocycles. The third-order valence-electron chi connectivity index (χ3n) is 6.92. The van der Waals surface area contributed by atoms with Gasteiger partial charge >= 0.3 is 5.97 Å². The summed E-state index contributed by atoms with van der Waals surface area (Å²) >= 11 is 0. The van der Waals surface area contributed by atoms with Gasteiger partial charge in [-0.05, 0) is 48.9 Å². The number of carbonyl (C=O) groups excluding carboxylic acids is 2. The lowest BCUT2D eigenvalue weighted by atomic mass is 9.83. The molecule has 2 aliphatic rings. The molecule has 33 heavy (non-hydrogen) atoms. The van der Waals surface area contributed by atoms with Crippen molar-refractivity contribution in [1.29, 1.82) is 0 Å². The Balaban J connectivity index is 1.47. The van der Waals surface area contributed by atoms with Crippen LogP contribution >= 0.6 is 0 Å². The van der Waals surface area contributed by atoms with Gasteiger partial charge in [0.2, 0.25) is 5.91 Å². The maximum absolute atomic E-state index is 13.1. The molecule has 1 atom stereocenters. The van der Waals surface area contributed by atoms with Crippen LogP contribution in [0.2, 0.25) is 0 Å². The number of piperidine rings is 1. The third kappa shape index (κ3) is 4.97. The second-order valence-corrected chi connectivity index (χ2v) is 9.25. The van der Waals surface area contributed by atoms with E-state index >= 15 is 0 Å². The minimum Gasteiger partial charge on any atom is -0.462 e. The minimum atomic E-state index is -0.332. The predicted octanol–water partition coefficient (Wildman–Crippen LogP) is 3.63. The van der Waals surface area contributed by atoms with E-state index in [1.807, 2.05) is 18.2 Å². The van der Waals surface area contributed by atoms with Crippen LogP contribution in [0.1, 0.15) is 46.8 Å². The van der Waals surface area contributed by atoms with Crippen molar-refractivity contribution in [3.05, 3.63) is 70.8 Å². The average Bonchev–Trinajstić information content (AvgIpc) is 3.18. The van der Waals surface area contributed by atoms with Gasteiger partial charge in [-0.1, -0.05) is 42.5 Å². The number of benzene rings is 2. The standard InChI is InChI=1S/C27H34N2O4/c1-4-32-26(31)23-11-7-5-9-20(23)17-22(25(30)28(2)3)18-29-15-13-27(14-16-29)24-12-8-6-10-21(24)19-33-27/h5-12,22H,4,13-19H2,1-3H3. The highest BCUT2D eigenvalue weighted by Crippen LogP contribution is 2.44. The number of nitrogens with zero attached hydrogens (tertiary/aromatic N) is 2. The Bertz CT molecular complexity index is 995. The number of hydrogen-bond donors (Lipinski definition) is 0. The molecule has 2 aliphatic heterocycles. The van der Waals surface area contributed by atoms with E-state index in [1.54, 1.807) is 32.0 Å². The number of fused-ring (bicyclic) bond motifs is 2. The number of rotatable bonds is 7. The first-order valence-electron chi connectivity index (χ1n) is 11.8. The van der Waals surface area contributed by atoms with Crippen LogP contribution in [-0.4, -0.2) is 62.0 Å². The van der Waals surface area contributed by atoms with Gasteiger partial charge in [-0.2, -0.15) is 0 Å². The second-order valence-electron chi connectivity index (χ2n) is 9.25. The molecule has 0 aliphatic carbocycles. The first kappa shape index (κ1) is 23.5. The van der Waals surface area contributed by atoms with Crippen LogP contribution < -0.4 is 0 Å². The van der Waals surface area contributed by atoms with E-state index in [0.717, 1.165) is 31.5 Å². The molecular formula is C27H34N2O4. The molecule has 0 bridgehead atoms. The van der Waals surface area contributed by atoms with Crippen molar-refractivity contribution in [3.63, 3.8) is 0 Å². The van der Waals surface area contributed by atoms with Crippen molar-refractivity contribution in [3.8, 4) is 0 Å². The summed E-state index contributed by atoms with van der Waals surface area (Å²) in [6.45, 7) is 5.23. The highest BCUT2D eigenvalue weighted by atomic mass is 16.5. The molecule has 4 rings (SSSR count). The van der Waals surface area contributed by atoms with Gasteiger partial charge in [-0.3, -0.25) is 4.79 Å². The molecule has 176 valence electrons. The zero-order chi connectivity index (χ0) is 23.4. The first-order valence-corrected chi connectivity index (χ1v) is 11.8. The Hall–Kier alpha value is -2.70. The van der Waals surface area contributed by atoms with Crippen molar-refractivity contribution >= 4 is 11.9 Å². The van der Waals surface area contributed by atoms with E-state index in [4.69, 9.17) is 9.47 Å². The van der Waals surface area contributed by atoms with Crippen LogP contribution in [-0.2, 0) is 32.9 Å². The van der Waals surface area contributed by atoms with Crippen LogP contribution in [0.3, 0.4) is 0 Å². The van der Waals surface area contributed by atoms with Gasteiger partial charge in [0.05, 0.1) is 30.3 Å². The summed E-state index contributed by atoms with van der Waals surface area (Å²) in [4.78, 5) is 29.6. The Labute approximate surface area is 196 Å². The Kier molecular flexibility index (Phi) is 7.15. The topological polar surface area (TPSA) is 59.1 Å². The normalized spacial score (nSPS) is 18.0. The monoisotopic (exact) mass is 450 g/mol. The molecule has 2 heterocycles. The van der Waals surface area contributed by atoms with Gasteiger partial charge in [0.15, 0.2) is 0 Å². The molecule has 6 nitrogen and oxygen atoms in total. The zero-order valence-electron chi connectivity index (χ0n) is 19.9. The van der Waals surface area contributed by atoms with Gasteiger partial charge in [0, 0.05) is 33.7 Å². The molecule has 1 unspecified atom stereocenters. The Morgan fingerprint density at radius 2 is 1.79 bits per heavy atom. The molecule has 6 heteroatoms. The lowest BCUT2D eigenvalue weighted by Crippen LogP contribution is -2.46. The number of esters is 1. The van der Waals surface area contributed by atoms with Crippen molar-refractivity contribution in [1.82, 2.24) is 9.80 Å². The summed E-state index contributed by atoms with van der Waals surface area (Å²) in [6, 6.07) is 16.0. The number of carbonyl (C=O) groups is 2. The maximum Gasteiger partial charge on any atom is 0.338 e. The Morgan fingerprint density at radius 3 is 2.52 bits per heavy atom. The summed E-state index contributed by atoms with van der Waals surface area (Å²) in [7, 11) is 3.59. The molecular weight excluding hydrogens is 416 g/mol. The average molecular weight is 451 g/mol. The molecule has 1 spiro atoms. The van der Waals surface area contributed by atoms with Crippen molar-refractivity contribution in [2.45, 2.75) is 38.4 Å². The summed E-state index contributed by atoms with van der Waals surface area (Å²) in [5, 5.41) is 0. The quantitative estimate of drug-likeness (QED) is 0.603. The Morgan fingerprint density at radius 1 is 1.09 bits per heavy atom. The van der Waals surface area contributed by atoms with Gasteiger partial charge in [-0.25, -0.2) is 4.79 Å². The molecule has 1 amide bonds. The SMILES string of the molecule is CCOC(=O)c1ccccc1CC(CN1CCC2(CC1)OCc1ccccc12)C(=O)N(C)C. The van der Waals surface area contributed by atoms with Crippen molar-refractivity contribution in [2.24, 2.45) is 5.92 Å². The molecule has 0 radical (unpaired) electrons. The molecule has 2 aromatic rings. The van der Waals surface area contributed by atoms with E-state index in [0.29, 0.717) is 31.7 Å². The first-order chi connectivity index (χ1) is 15.9. The summed E-state index contributed by atoms with van der Waals surface area (Å²) in [5.41, 5.74) is 3.84. The van der Waals surface area contributed by atoms with Gasteiger partial charge in [0.1, 0.15) is 0 Å². The minimum absolute atomic E-state index is 0.0800. The fourth-order valence-corrected chi connectivity index (χ4v) is 5.17. The molecule has 1 fully saturated rings. The predicted molar refractivity (Wildman–Crippen MR) is 127 cm³/mol. The zero-order valence-corrected chi connectivity index (χ0v) is 19.9. The number of amides is 1. The van der Waals surface area contributed by atoms with E-state index < -0.39 is 0 Å². The van der Waals surface area contributed by atoms with Crippen LogP contribution in [0.25, 0.3) is 0 Å². The third-order valence-corrected chi connectivity index (χ3v) is 6.92. The fourth-order valence-electron chi connectivity index (χ4n) is 5.17. The summed E-state index contributed by atoms with van der Waals surface area (Å²) in [6.07, 6.45) is 2.35. The molecule has 2 aromatic carbocycles. The fraction of sp³-hybridized carbons (Fsp3) is 0.481. The van der Waals surface area contributed by atoms with E-state index in [1.165, 1.54) is 11.1 Å². The lowest BCUT2D eigenvalue weighted by Gasteiger charge is -2.40. The van der Waals surface area contributed by atoms with Gasteiger partial charge < -0.3 is 19.3 Å². The van der Waals surface area contributed by atoms with Gasteiger partial charge in [-0.15, -0.1) is 0 Å². The molecule has 0 aromatic heterocycles. The maximum atomic E-state index is 13.1. The number of ether oxygens (including phenoxy) is 2. The van der Waals surface area contributed by atoms with Crippen molar-refractivity contribution in [2.75, 3.05) is 40.3 Å². The lowest BCUT2D eigenvalue weighted by molar-refractivity contribution is -0.134. The number of likely N-dealkylation sites (tertiary alicyclic amines) is 1. The molecule has 1 saturated heterocycles. The number of hydrogen-bond acceptors (Lipinski definition) is 5. The van der Waals surface area contributed by atoms with E-state index in [9.17, 15) is 9.59 Å². The molecule has 0 N–H and O–H groups in total. The van der Waals surface area contributed by atoms with Crippen LogP contribution in [0, 0.1) is 5.92 Å². The largest absolute Gasteiger partial charge is 0.462 e. The highest BCUT2D eigenvalue weighted by Gasteiger charge is 2.42. The second kappa shape index (κ2) is 10.1. The van der Waals surface area contributed by atoms with Crippen LogP contribution in [0.5, 0.6) is 0 Å². The van der Waals surface area contributed by atoms with E-state index in [2.05, 4.69) is 29.2 Å². The smallest absolute Gasteiger partial charge is 0.338 e.